The Morgan fingerprint density at radius 1 is 1.43 bits per heavy atom. The van der Waals surface area contributed by atoms with Crippen molar-refractivity contribution in [3.05, 3.63) is 35.1 Å². The Hall–Kier alpha value is -2.08. The molecule has 0 spiro atoms. The Kier molecular flexibility index (Phi) is 1.83. The molecule has 0 aliphatic carbocycles. The maximum absolute atomic E-state index is 10.7. The molecule has 3 nitrogen and oxygen atoms in total. The summed E-state index contributed by atoms with van der Waals surface area (Å²) in [6.45, 7) is 1.89. The quantitative estimate of drug-likeness (QED) is 0.641. The molecule has 0 radical (unpaired) electrons. The zero-order valence-electron chi connectivity index (χ0n) is 7.57. The molecule has 0 amide bonds. The second-order valence-electron chi connectivity index (χ2n) is 3.11. The van der Waals surface area contributed by atoms with Crippen LogP contribution in [0.3, 0.4) is 0 Å². The van der Waals surface area contributed by atoms with Crippen LogP contribution in [-0.4, -0.2) is 6.29 Å². The highest BCUT2D eigenvalue weighted by Gasteiger charge is 2.08. The first kappa shape index (κ1) is 8.52. The van der Waals surface area contributed by atoms with Crippen molar-refractivity contribution in [2.45, 2.75) is 6.92 Å². The zero-order valence-corrected chi connectivity index (χ0v) is 7.57. The van der Waals surface area contributed by atoms with Gasteiger partial charge in [0.2, 0.25) is 5.76 Å². The van der Waals surface area contributed by atoms with E-state index in [1.54, 1.807) is 12.1 Å². The Bertz CT molecular complexity index is 546. The summed E-state index contributed by atoms with van der Waals surface area (Å²) >= 11 is 0. The highest BCUT2D eigenvalue weighted by molar-refractivity contribution is 5.95. The number of nitriles is 1. The second-order valence-corrected chi connectivity index (χ2v) is 3.11. The van der Waals surface area contributed by atoms with Crippen LogP contribution in [0.25, 0.3) is 11.0 Å². The van der Waals surface area contributed by atoms with E-state index >= 15 is 0 Å². The Labute approximate surface area is 80.6 Å². The smallest absolute Gasteiger partial charge is 0.204 e. The van der Waals surface area contributed by atoms with E-state index < -0.39 is 0 Å². The van der Waals surface area contributed by atoms with Crippen LogP contribution in [0.1, 0.15) is 21.7 Å². The van der Waals surface area contributed by atoms with Gasteiger partial charge in [-0.3, -0.25) is 4.79 Å². The number of carbonyl (C=O) groups excluding carboxylic acids is 1. The van der Waals surface area contributed by atoms with E-state index in [-0.39, 0.29) is 5.76 Å². The number of benzene rings is 1. The van der Waals surface area contributed by atoms with E-state index in [0.29, 0.717) is 11.1 Å². The molecule has 14 heavy (non-hydrogen) atoms. The zero-order chi connectivity index (χ0) is 10.1. The predicted octanol–water partition coefficient (Wildman–Crippen LogP) is 2.43. The van der Waals surface area contributed by atoms with Gasteiger partial charge in [0.15, 0.2) is 6.29 Å². The third-order valence-corrected chi connectivity index (χ3v) is 2.03. The van der Waals surface area contributed by atoms with Crippen LogP contribution in [0.15, 0.2) is 22.6 Å². The van der Waals surface area contributed by atoms with Crippen molar-refractivity contribution >= 4 is 17.3 Å². The topological polar surface area (TPSA) is 54.0 Å². The lowest BCUT2D eigenvalue weighted by Gasteiger charge is -1.95. The molecular weight excluding hydrogens is 178 g/mol. The van der Waals surface area contributed by atoms with Crippen molar-refractivity contribution in [3.63, 3.8) is 0 Å². The van der Waals surface area contributed by atoms with Gasteiger partial charge in [-0.1, -0.05) is 0 Å². The van der Waals surface area contributed by atoms with E-state index in [9.17, 15) is 4.79 Å². The predicted molar refractivity (Wildman–Crippen MR) is 51.1 cm³/mol. The standard InChI is InChI=1S/C11H7NO2/c1-7-2-8-4-10(5-12)14-11(8)9(3-7)6-13/h2-4,6H,1H3. The molecular formula is C11H7NO2. The first-order valence-corrected chi connectivity index (χ1v) is 4.14. The maximum Gasteiger partial charge on any atom is 0.204 e. The van der Waals surface area contributed by atoms with Crippen LogP contribution in [0.4, 0.5) is 0 Å². The summed E-state index contributed by atoms with van der Waals surface area (Å²) in [6.07, 6.45) is 0.736. The molecule has 2 aromatic rings. The number of hydrogen-bond donors (Lipinski definition) is 0. The highest BCUT2D eigenvalue weighted by atomic mass is 16.3. The molecule has 2 rings (SSSR count). The minimum Gasteiger partial charge on any atom is -0.445 e. The molecule has 0 atom stereocenters. The number of fused-ring (bicyclic) bond motifs is 1. The molecule has 0 bridgehead atoms. The van der Waals surface area contributed by atoms with Crippen molar-refractivity contribution < 1.29 is 9.21 Å². The number of aldehydes is 1. The SMILES string of the molecule is Cc1cc(C=O)c2oc(C#N)cc2c1. The maximum atomic E-state index is 10.7. The first-order valence-electron chi connectivity index (χ1n) is 4.14. The average Bonchev–Trinajstić information content (AvgIpc) is 2.59. The van der Waals surface area contributed by atoms with E-state index in [2.05, 4.69) is 0 Å². The Morgan fingerprint density at radius 2 is 2.21 bits per heavy atom. The van der Waals surface area contributed by atoms with E-state index in [4.69, 9.17) is 9.68 Å². The normalized spacial score (nSPS) is 10.0. The molecule has 68 valence electrons. The van der Waals surface area contributed by atoms with Crippen LogP contribution in [-0.2, 0) is 0 Å². The molecule has 1 aromatic heterocycles. The van der Waals surface area contributed by atoms with Crippen LogP contribution in [0, 0.1) is 18.3 Å². The summed E-state index contributed by atoms with van der Waals surface area (Å²) in [5, 5.41) is 9.43. The number of rotatable bonds is 1. The van der Waals surface area contributed by atoms with Crippen LogP contribution < -0.4 is 0 Å². The molecule has 0 N–H and O–H groups in total. The van der Waals surface area contributed by atoms with Gasteiger partial charge >= 0.3 is 0 Å². The van der Waals surface area contributed by atoms with Crippen molar-refractivity contribution in [1.29, 1.82) is 5.26 Å². The van der Waals surface area contributed by atoms with Gasteiger partial charge < -0.3 is 4.42 Å². The van der Waals surface area contributed by atoms with Gasteiger partial charge in [-0.25, -0.2) is 0 Å². The summed E-state index contributed by atoms with van der Waals surface area (Å²) in [5.74, 6) is 0.230. The second kappa shape index (κ2) is 3.00. The molecule has 0 aliphatic heterocycles. The summed E-state index contributed by atoms with van der Waals surface area (Å²) in [7, 11) is 0. The minimum absolute atomic E-state index is 0.230. The van der Waals surface area contributed by atoms with Gasteiger partial charge in [0.25, 0.3) is 0 Å². The van der Waals surface area contributed by atoms with Crippen molar-refractivity contribution in [3.8, 4) is 6.07 Å². The van der Waals surface area contributed by atoms with E-state index in [0.717, 1.165) is 17.2 Å². The van der Waals surface area contributed by atoms with Crippen molar-refractivity contribution in [2.24, 2.45) is 0 Å². The summed E-state index contributed by atoms with van der Waals surface area (Å²) in [6, 6.07) is 7.16. The summed E-state index contributed by atoms with van der Waals surface area (Å²) in [4.78, 5) is 10.7. The highest BCUT2D eigenvalue weighted by Crippen LogP contribution is 2.23. The van der Waals surface area contributed by atoms with E-state index in [1.807, 2.05) is 19.1 Å². The van der Waals surface area contributed by atoms with Crippen molar-refractivity contribution in [2.75, 3.05) is 0 Å². The number of nitrogens with zero attached hydrogens (tertiary/aromatic N) is 1. The molecule has 0 fully saturated rings. The van der Waals surface area contributed by atoms with Gasteiger partial charge in [0.05, 0.1) is 5.56 Å². The van der Waals surface area contributed by atoms with Crippen LogP contribution in [0.2, 0.25) is 0 Å². The lowest BCUT2D eigenvalue weighted by molar-refractivity contribution is 0.112. The van der Waals surface area contributed by atoms with Gasteiger partial charge in [-0.2, -0.15) is 5.26 Å². The Balaban J connectivity index is 2.86. The third kappa shape index (κ3) is 1.17. The summed E-state index contributed by atoms with van der Waals surface area (Å²) < 4.78 is 5.20. The largest absolute Gasteiger partial charge is 0.445 e. The molecule has 3 heteroatoms. The average molecular weight is 185 g/mol. The molecule has 0 saturated heterocycles. The van der Waals surface area contributed by atoms with E-state index in [1.165, 1.54) is 0 Å². The number of aryl methyl sites for hydroxylation is 1. The lowest BCUT2D eigenvalue weighted by atomic mass is 10.1. The Morgan fingerprint density at radius 3 is 2.86 bits per heavy atom. The molecule has 0 unspecified atom stereocenters. The monoisotopic (exact) mass is 185 g/mol. The van der Waals surface area contributed by atoms with Crippen LogP contribution in [0.5, 0.6) is 0 Å². The van der Waals surface area contributed by atoms with Gasteiger partial charge in [0, 0.05) is 11.5 Å². The fourth-order valence-corrected chi connectivity index (χ4v) is 1.48. The molecule has 0 aliphatic rings. The third-order valence-electron chi connectivity index (χ3n) is 2.03. The lowest BCUT2D eigenvalue weighted by Crippen LogP contribution is -1.82. The number of carbonyl (C=O) groups is 1. The summed E-state index contributed by atoms with van der Waals surface area (Å²) in [5.41, 5.74) is 1.95. The molecule has 1 heterocycles. The molecule has 0 saturated carbocycles. The molecule has 1 aromatic carbocycles. The number of hydrogen-bond acceptors (Lipinski definition) is 3. The fraction of sp³-hybridized carbons (Fsp3) is 0.0909. The van der Waals surface area contributed by atoms with Gasteiger partial charge in [0.1, 0.15) is 11.7 Å². The van der Waals surface area contributed by atoms with Gasteiger partial charge in [-0.15, -0.1) is 0 Å². The first-order chi connectivity index (χ1) is 6.74. The minimum atomic E-state index is 0.230. The van der Waals surface area contributed by atoms with Crippen LogP contribution >= 0.6 is 0 Å². The van der Waals surface area contributed by atoms with Crippen molar-refractivity contribution in [1.82, 2.24) is 0 Å². The fourth-order valence-electron chi connectivity index (χ4n) is 1.48. The number of furan rings is 1. The van der Waals surface area contributed by atoms with Gasteiger partial charge in [-0.05, 0) is 24.6 Å².